The third-order valence-electron chi connectivity index (χ3n) is 4.03. The summed E-state index contributed by atoms with van der Waals surface area (Å²) in [7, 11) is 1.63. The van der Waals surface area contributed by atoms with E-state index in [1.807, 2.05) is 48.5 Å². The Morgan fingerprint density at radius 1 is 1.08 bits per heavy atom. The first-order valence-electron chi connectivity index (χ1n) is 7.74. The van der Waals surface area contributed by atoms with Gasteiger partial charge in [0, 0.05) is 12.8 Å². The lowest BCUT2D eigenvalue weighted by Crippen LogP contribution is -2.32. The van der Waals surface area contributed by atoms with E-state index in [1.54, 1.807) is 7.11 Å². The van der Waals surface area contributed by atoms with Gasteiger partial charge in [0.1, 0.15) is 5.75 Å². The SMILES string of the molecule is COc1ccc(C2=NN(c3nc4ccccc4[nH]3)C(=O)CC2)cc1. The average molecular weight is 320 g/mol. The van der Waals surface area contributed by atoms with Crippen molar-refractivity contribution in [1.82, 2.24) is 9.97 Å². The molecule has 1 N–H and O–H groups in total. The number of para-hydroxylation sites is 2. The molecule has 4 rings (SSSR count). The highest BCUT2D eigenvalue weighted by atomic mass is 16.5. The van der Waals surface area contributed by atoms with Crippen molar-refractivity contribution < 1.29 is 9.53 Å². The van der Waals surface area contributed by atoms with Crippen LogP contribution in [0, 0.1) is 0 Å². The van der Waals surface area contributed by atoms with Gasteiger partial charge in [-0.3, -0.25) is 4.79 Å². The Balaban J connectivity index is 1.71. The molecule has 6 heteroatoms. The molecule has 0 atom stereocenters. The first-order valence-corrected chi connectivity index (χ1v) is 7.74. The Kier molecular flexibility index (Phi) is 3.49. The van der Waals surface area contributed by atoms with Gasteiger partial charge < -0.3 is 9.72 Å². The maximum atomic E-state index is 12.3. The Bertz CT molecular complexity index is 895. The summed E-state index contributed by atoms with van der Waals surface area (Å²) in [6.07, 6.45) is 1.02. The number of hydrogen-bond donors (Lipinski definition) is 1. The first-order chi connectivity index (χ1) is 11.7. The number of carbonyl (C=O) groups is 1. The zero-order valence-corrected chi connectivity index (χ0v) is 13.2. The summed E-state index contributed by atoms with van der Waals surface area (Å²) >= 11 is 0. The third kappa shape index (κ3) is 2.52. The number of methoxy groups -OCH3 is 1. The van der Waals surface area contributed by atoms with Crippen LogP contribution in [0.2, 0.25) is 0 Å². The topological polar surface area (TPSA) is 70.6 Å². The molecule has 0 saturated heterocycles. The van der Waals surface area contributed by atoms with Crippen molar-refractivity contribution in [3.05, 3.63) is 54.1 Å². The van der Waals surface area contributed by atoms with Gasteiger partial charge in [0.2, 0.25) is 11.9 Å². The number of hydrazone groups is 1. The lowest BCUT2D eigenvalue weighted by atomic mass is 10.0. The van der Waals surface area contributed by atoms with Gasteiger partial charge in [-0.25, -0.2) is 4.98 Å². The molecular formula is C18H16N4O2. The smallest absolute Gasteiger partial charge is 0.250 e. The second-order valence-electron chi connectivity index (χ2n) is 5.56. The Morgan fingerprint density at radius 2 is 1.88 bits per heavy atom. The van der Waals surface area contributed by atoms with Crippen LogP contribution in [-0.4, -0.2) is 28.7 Å². The number of aromatic nitrogens is 2. The van der Waals surface area contributed by atoms with E-state index in [0.717, 1.165) is 28.1 Å². The Morgan fingerprint density at radius 3 is 2.62 bits per heavy atom. The molecular weight excluding hydrogens is 304 g/mol. The van der Waals surface area contributed by atoms with Gasteiger partial charge >= 0.3 is 0 Å². The standard InChI is InChI=1S/C18H16N4O2/c1-24-13-8-6-12(7-9-13)14-10-11-17(23)22(21-14)18-19-15-4-2-3-5-16(15)20-18/h2-9H,10-11H2,1H3,(H,19,20). The zero-order valence-electron chi connectivity index (χ0n) is 13.2. The molecule has 0 fully saturated rings. The van der Waals surface area contributed by atoms with Crippen molar-refractivity contribution in [2.45, 2.75) is 12.8 Å². The minimum absolute atomic E-state index is 0.0636. The summed E-state index contributed by atoms with van der Waals surface area (Å²) < 4.78 is 5.18. The molecule has 120 valence electrons. The van der Waals surface area contributed by atoms with E-state index in [0.29, 0.717) is 18.8 Å². The summed E-state index contributed by atoms with van der Waals surface area (Å²) in [6.45, 7) is 0. The normalized spacial score (nSPS) is 14.8. The number of fused-ring (bicyclic) bond motifs is 1. The van der Waals surface area contributed by atoms with E-state index in [2.05, 4.69) is 15.1 Å². The van der Waals surface area contributed by atoms with E-state index >= 15 is 0 Å². The maximum absolute atomic E-state index is 12.3. The van der Waals surface area contributed by atoms with Crippen molar-refractivity contribution in [2.75, 3.05) is 12.1 Å². The van der Waals surface area contributed by atoms with Gasteiger partial charge in [-0.1, -0.05) is 12.1 Å². The molecule has 24 heavy (non-hydrogen) atoms. The minimum atomic E-state index is -0.0636. The molecule has 2 aromatic carbocycles. The lowest BCUT2D eigenvalue weighted by Gasteiger charge is -2.21. The van der Waals surface area contributed by atoms with Gasteiger partial charge in [-0.2, -0.15) is 10.1 Å². The number of nitrogens with zero attached hydrogens (tertiary/aromatic N) is 3. The highest BCUT2D eigenvalue weighted by molar-refractivity contribution is 6.08. The van der Waals surface area contributed by atoms with E-state index in [-0.39, 0.29) is 5.91 Å². The predicted molar refractivity (Wildman–Crippen MR) is 92.3 cm³/mol. The van der Waals surface area contributed by atoms with Crippen LogP contribution in [-0.2, 0) is 4.79 Å². The molecule has 1 amide bonds. The van der Waals surface area contributed by atoms with Crippen LogP contribution in [0.25, 0.3) is 11.0 Å². The number of ether oxygens (including phenoxy) is 1. The molecule has 0 saturated carbocycles. The maximum Gasteiger partial charge on any atom is 0.250 e. The van der Waals surface area contributed by atoms with Crippen LogP contribution < -0.4 is 9.75 Å². The quantitative estimate of drug-likeness (QED) is 0.806. The van der Waals surface area contributed by atoms with Crippen LogP contribution in [0.4, 0.5) is 5.95 Å². The van der Waals surface area contributed by atoms with Gasteiger partial charge in [-0.05, 0) is 42.0 Å². The lowest BCUT2D eigenvalue weighted by molar-refractivity contribution is -0.118. The van der Waals surface area contributed by atoms with Crippen LogP contribution in [0.3, 0.4) is 0 Å². The van der Waals surface area contributed by atoms with Crippen molar-refractivity contribution >= 4 is 28.6 Å². The van der Waals surface area contributed by atoms with Crippen LogP contribution in [0.15, 0.2) is 53.6 Å². The molecule has 3 aromatic rings. The molecule has 6 nitrogen and oxygen atoms in total. The van der Waals surface area contributed by atoms with E-state index < -0.39 is 0 Å². The van der Waals surface area contributed by atoms with Gasteiger partial charge in [0.25, 0.3) is 0 Å². The van der Waals surface area contributed by atoms with Crippen molar-refractivity contribution in [2.24, 2.45) is 5.10 Å². The molecule has 0 spiro atoms. The summed E-state index contributed by atoms with van der Waals surface area (Å²) in [6, 6.07) is 15.3. The number of nitrogens with one attached hydrogen (secondary N) is 1. The van der Waals surface area contributed by atoms with Crippen LogP contribution in [0.1, 0.15) is 18.4 Å². The first kappa shape index (κ1) is 14.4. The summed E-state index contributed by atoms with van der Waals surface area (Å²) in [5, 5.41) is 5.88. The zero-order chi connectivity index (χ0) is 16.5. The number of imidazole rings is 1. The number of benzene rings is 2. The molecule has 2 heterocycles. The van der Waals surface area contributed by atoms with Crippen molar-refractivity contribution in [3.8, 4) is 5.75 Å². The number of rotatable bonds is 3. The highest BCUT2D eigenvalue weighted by Crippen LogP contribution is 2.23. The fourth-order valence-corrected chi connectivity index (χ4v) is 2.75. The fraction of sp³-hybridized carbons (Fsp3) is 0.167. The summed E-state index contributed by atoms with van der Waals surface area (Å²) in [4.78, 5) is 19.9. The molecule has 0 unspecified atom stereocenters. The number of carbonyl (C=O) groups excluding carboxylic acids is 1. The largest absolute Gasteiger partial charge is 0.497 e. The number of H-pyrrole nitrogens is 1. The Labute approximate surface area is 138 Å². The second-order valence-corrected chi connectivity index (χ2v) is 5.56. The molecule has 1 aromatic heterocycles. The molecule has 0 bridgehead atoms. The molecule has 1 aliphatic heterocycles. The van der Waals surface area contributed by atoms with Gasteiger partial charge in [0.15, 0.2) is 0 Å². The Hall–Kier alpha value is -3.15. The summed E-state index contributed by atoms with van der Waals surface area (Å²) in [5.41, 5.74) is 3.53. The van der Waals surface area contributed by atoms with Crippen molar-refractivity contribution in [3.63, 3.8) is 0 Å². The predicted octanol–water partition coefficient (Wildman–Crippen LogP) is 3.10. The van der Waals surface area contributed by atoms with E-state index in [9.17, 15) is 4.79 Å². The van der Waals surface area contributed by atoms with Gasteiger partial charge in [-0.15, -0.1) is 0 Å². The van der Waals surface area contributed by atoms with Crippen molar-refractivity contribution in [1.29, 1.82) is 0 Å². The van der Waals surface area contributed by atoms with Gasteiger partial charge in [0.05, 0.1) is 23.9 Å². The number of hydrogen-bond acceptors (Lipinski definition) is 4. The third-order valence-corrected chi connectivity index (χ3v) is 4.03. The molecule has 1 aliphatic rings. The molecule has 0 radical (unpaired) electrons. The van der Waals surface area contributed by atoms with Crippen LogP contribution >= 0.6 is 0 Å². The molecule has 0 aliphatic carbocycles. The minimum Gasteiger partial charge on any atom is -0.497 e. The van der Waals surface area contributed by atoms with E-state index in [1.165, 1.54) is 5.01 Å². The monoisotopic (exact) mass is 320 g/mol. The number of anilines is 1. The second kappa shape index (κ2) is 5.81. The number of aromatic amines is 1. The number of amides is 1. The highest BCUT2D eigenvalue weighted by Gasteiger charge is 2.25. The fourth-order valence-electron chi connectivity index (χ4n) is 2.75. The van der Waals surface area contributed by atoms with Crippen LogP contribution in [0.5, 0.6) is 5.75 Å². The summed E-state index contributed by atoms with van der Waals surface area (Å²) in [5.74, 6) is 1.18. The average Bonchev–Trinajstić information content (AvgIpc) is 3.06. The van der Waals surface area contributed by atoms with E-state index in [4.69, 9.17) is 4.74 Å².